The molecule has 1 aliphatic carbocycles. The van der Waals surface area contributed by atoms with Crippen LogP contribution in [-0.2, 0) is 11.2 Å². The molecule has 1 saturated heterocycles. The van der Waals surface area contributed by atoms with Crippen molar-refractivity contribution >= 4 is 11.9 Å². The normalized spacial score (nSPS) is 19.7. The Morgan fingerprint density at radius 3 is 2.63 bits per heavy atom. The molecule has 0 radical (unpaired) electrons. The summed E-state index contributed by atoms with van der Waals surface area (Å²) in [5, 5.41) is 4.07. The third kappa shape index (κ3) is 4.02. The van der Waals surface area contributed by atoms with Crippen LogP contribution in [0, 0.1) is 5.92 Å². The zero-order valence-corrected chi connectivity index (χ0v) is 15.4. The van der Waals surface area contributed by atoms with E-state index in [0.29, 0.717) is 41.8 Å². The molecule has 27 heavy (non-hydrogen) atoms. The smallest absolute Gasteiger partial charge is 0.337 e. The van der Waals surface area contributed by atoms with E-state index in [4.69, 9.17) is 4.52 Å². The Hall–Kier alpha value is -2.70. The van der Waals surface area contributed by atoms with Crippen molar-refractivity contribution in [2.24, 2.45) is 5.92 Å². The van der Waals surface area contributed by atoms with Crippen LogP contribution >= 0.6 is 0 Å². The summed E-state index contributed by atoms with van der Waals surface area (Å²) in [4.78, 5) is 30.7. The minimum absolute atomic E-state index is 0.0136. The zero-order valence-electron chi connectivity index (χ0n) is 15.4. The van der Waals surface area contributed by atoms with Gasteiger partial charge in [-0.3, -0.25) is 4.79 Å². The van der Waals surface area contributed by atoms with Crippen molar-refractivity contribution in [1.82, 2.24) is 15.0 Å². The lowest BCUT2D eigenvalue weighted by Crippen LogP contribution is -2.40. The number of piperidine rings is 1. The highest BCUT2D eigenvalue weighted by atomic mass is 16.5. The summed E-state index contributed by atoms with van der Waals surface area (Å²) < 4.78 is 10.1. The molecule has 1 amide bonds. The van der Waals surface area contributed by atoms with Crippen LogP contribution in [0.4, 0.5) is 0 Å². The lowest BCUT2D eigenvalue weighted by atomic mass is 9.94. The second kappa shape index (κ2) is 7.50. The van der Waals surface area contributed by atoms with Gasteiger partial charge >= 0.3 is 5.97 Å². The van der Waals surface area contributed by atoms with Crippen molar-refractivity contribution in [3.63, 3.8) is 0 Å². The number of hydrogen-bond donors (Lipinski definition) is 0. The first kappa shape index (κ1) is 17.7. The largest absolute Gasteiger partial charge is 0.465 e. The Kier molecular flexibility index (Phi) is 4.92. The predicted octanol–water partition coefficient (Wildman–Crippen LogP) is 2.83. The molecule has 1 aromatic heterocycles. The number of rotatable bonds is 5. The van der Waals surface area contributed by atoms with Crippen molar-refractivity contribution < 1.29 is 18.8 Å². The Morgan fingerprint density at radius 2 is 1.93 bits per heavy atom. The Bertz CT molecular complexity index is 826. The van der Waals surface area contributed by atoms with Crippen LogP contribution in [0.1, 0.15) is 64.0 Å². The molecule has 7 nitrogen and oxygen atoms in total. The van der Waals surface area contributed by atoms with E-state index in [1.165, 1.54) is 7.11 Å². The highest BCUT2D eigenvalue weighted by molar-refractivity contribution is 5.96. The molecule has 0 N–H and O–H groups in total. The maximum Gasteiger partial charge on any atom is 0.337 e. The molecule has 1 saturated carbocycles. The van der Waals surface area contributed by atoms with Gasteiger partial charge in [0, 0.05) is 31.0 Å². The van der Waals surface area contributed by atoms with E-state index < -0.39 is 5.97 Å². The monoisotopic (exact) mass is 369 g/mol. The van der Waals surface area contributed by atoms with Crippen LogP contribution in [0.15, 0.2) is 28.8 Å². The predicted molar refractivity (Wildman–Crippen MR) is 96.4 cm³/mol. The first-order valence-electron chi connectivity index (χ1n) is 9.44. The number of nitrogens with zero attached hydrogens (tertiary/aromatic N) is 3. The number of benzene rings is 1. The van der Waals surface area contributed by atoms with Crippen molar-refractivity contribution in [3.05, 3.63) is 47.1 Å². The van der Waals surface area contributed by atoms with Gasteiger partial charge in [0.2, 0.25) is 5.89 Å². The van der Waals surface area contributed by atoms with Crippen molar-refractivity contribution in [3.8, 4) is 0 Å². The highest BCUT2D eigenvalue weighted by Crippen LogP contribution is 2.38. The summed E-state index contributed by atoms with van der Waals surface area (Å²) in [5.41, 5.74) is 1.02. The van der Waals surface area contributed by atoms with Gasteiger partial charge in [0.05, 0.1) is 12.7 Å². The minimum atomic E-state index is -0.405. The summed E-state index contributed by atoms with van der Waals surface area (Å²) >= 11 is 0. The van der Waals surface area contributed by atoms with Crippen LogP contribution < -0.4 is 0 Å². The standard InChI is InChI=1S/C20H23N3O4/c1-26-20(25)16-8-6-15(7-9-16)19(24)23-10-2-3-13(12-23)11-17-21-18(22-27-17)14-4-5-14/h6-9,13-14H,2-5,10-12H2,1H3/t13-/m0/s1. The number of ether oxygens (including phenoxy) is 1. The maximum atomic E-state index is 12.8. The zero-order chi connectivity index (χ0) is 18.8. The highest BCUT2D eigenvalue weighted by Gasteiger charge is 2.30. The van der Waals surface area contributed by atoms with E-state index in [1.807, 2.05) is 4.90 Å². The van der Waals surface area contributed by atoms with E-state index in [9.17, 15) is 9.59 Å². The van der Waals surface area contributed by atoms with E-state index in [1.54, 1.807) is 24.3 Å². The molecule has 2 fully saturated rings. The second-order valence-corrected chi connectivity index (χ2v) is 7.35. The lowest BCUT2D eigenvalue weighted by Gasteiger charge is -2.32. The Labute approximate surface area is 157 Å². The van der Waals surface area contributed by atoms with Gasteiger partial charge in [-0.15, -0.1) is 0 Å². The third-order valence-electron chi connectivity index (χ3n) is 5.25. The van der Waals surface area contributed by atoms with Crippen LogP contribution in [0.5, 0.6) is 0 Å². The fraction of sp³-hybridized carbons (Fsp3) is 0.500. The van der Waals surface area contributed by atoms with Crippen molar-refractivity contribution in [2.45, 2.75) is 38.0 Å². The minimum Gasteiger partial charge on any atom is -0.465 e. The van der Waals surface area contributed by atoms with Crippen LogP contribution in [0.3, 0.4) is 0 Å². The lowest BCUT2D eigenvalue weighted by molar-refractivity contribution is 0.0598. The van der Waals surface area contributed by atoms with E-state index in [0.717, 1.165) is 38.1 Å². The first-order valence-corrected chi connectivity index (χ1v) is 9.44. The number of esters is 1. The number of hydrogen-bond acceptors (Lipinski definition) is 6. The van der Waals surface area contributed by atoms with Gasteiger partial charge in [-0.05, 0) is 55.9 Å². The number of aromatic nitrogens is 2. The summed E-state index contributed by atoms with van der Waals surface area (Å²) in [6.07, 6.45) is 5.02. The molecule has 4 rings (SSSR count). The summed E-state index contributed by atoms with van der Waals surface area (Å²) in [5.74, 6) is 1.90. The number of amides is 1. The van der Waals surface area contributed by atoms with Gasteiger partial charge < -0.3 is 14.2 Å². The number of likely N-dealkylation sites (tertiary alicyclic amines) is 1. The Morgan fingerprint density at radius 1 is 1.19 bits per heavy atom. The first-order chi connectivity index (χ1) is 13.1. The average Bonchev–Trinajstić information content (AvgIpc) is 3.46. The van der Waals surface area contributed by atoms with E-state index >= 15 is 0 Å². The molecule has 0 spiro atoms. The molecule has 2 heterocycles. The summed E-state index contributed by atoms with van der Waals surface area (Å²) in [6.45, 7) is 1.42. The van der Waals surface area contributed by atoms with E-state index in [2.05, 4.69) is 14.9 Å². The molecule has 2 aliphatic rings. The fourth-order valence-electron chi connectivity index (χ4n) is 3.57. The molecule has 7 heteroatoms. The SMILES string of the molecule is COC(=O)c1ccc(C(=O)N2CCC[C@@H](Cc3nc(C4CC4)no3)C2)cc1. The molecule has 1 atom stereocenters. The maximum absolute atomic E-state index is 12.8. The molecular formula is C20H23N3O4. The number of methoxy groups -OCH3 is 1. The number of carbonyl (C=O) groups excluding carboxylic acids is 2. The van der Waals surface area contributed by atoms with Gasteiger partial charge in [-0.1, -0.05) is 5.16 Å². The van der Waals surface area contributed by atoms with Gasteiger partial charge in [0.15, 0.2) is 5.82 Å². The van der Waals surface area contributed by atoms with Gasteiger partial charge in [-0.2, -0.15) is 4.98 Å². The van der Waals surface area contributed by atoms with Gasteiger partial charge in [-0.25, -0.2) is 4.79 Å². The van der Waals surface area contributed by atoms with Crippen molar-refractivity contribution in [2.75, 3.05) is 20.2 Å². The molecule has 1 aromatic carbocycles. The summed E-state index contributed by atoms with van der Waals surface area (Å²) in [6, 6.07) is 6.60. The molecule has 142 valence electrons. The Balaban J connectivity index is 1.37. The van der Waals surface area contributed by atoms with Crippen molar-refractivity contribution in [1.29, 1.82) is 0 Å². The number of carbonyl (C=O) groups is 2. The second-order valence-electron chi connectivity index (χ2n) is 7.35. The van der Waals surface area contributed by atoms with Crippen LogP contribution in [-0.4, -0.2) is 47.1 Å². The van der Waals surface area contributed by atoms with Gasteiger partial charge in [0.25, 0.3) is 5.91 Å². The molecule has 0 bridgehead atoms. The molecular weight excluding hydrogens is 346 g/mol. The molecule has 1 aliphatic heterocycles. The van der Waals surface area contributed by atoms with E-state index in [-0.39, 0.29) is 5.91 Å². The fourth-order valence-corrected chi connectivity index (χ4v) is 3.57. The molecule has 2 aromatic rings. The molecule has 0 unspecified atom stereocenters. The van der Waals surface area contributed by atoms with Crippen LogP contribution in [0.2, 0.25) is 0 Å². The quantitative estimate of drug-likeness (QED) is 0.754. The third-order valence-corrected chi connectivity index (χ3v) is 5.25. The van der Waals surface area contributed by atoms with Crippen LogP contribution in [0.25, 0.3) is 0 Å². The van der Waals surface area contributed by atoms with Gasteiger partial charge in [0.1, 0.15) is 0 Å². The summed E-state index contributed by atoms with van der Waals surface area (Å²) in [7, 11) is 1.34. The average molecular weight is 369 g/mol. The topological polar surface area (TPSA) is 85.5 Å².